The molecule has 0 saturated heterocycles. The van der Waals surface area contributed by atoms with Crippen molar-refractivity contribution in [1.82, 2.24) is 9.97 Å². The second-order valence-corrected chi connectivity index (χ2v) is 5.44. The first-order chi connectivity index (χ1) is 9.83. The standard InChI is InChI=1S/C15H16N4S/c1-2-6-12-17-14(19-16)13-11(9-20-15(13)18-12)10-7-4-3-5-8-10/h3-5,7-9H,2,6,16H2,1H3,(H,17,18,19). The Morgan fingerprint density at radius 3 is 2.70 bits per heavy atom. The fraction of sp³-hybridized carbons (Fsp3) is 0.200. The summed E-state index contributed by atoms with van der Waals surface area (Å²) in [7, 11) is 0. The van der Waals surface area contributed by atoms with Crippen LogP contribution in [0, 0.1) is 0 Å². The SMILES string of the molecule is CCCc1nc(NN)c2c(-c3ccccc3)csc2n1. The van der Waals surface area contributed by atoms with Crippen LogP contribution in [0.3, 0.4) is 0 Å². The molecule has 0 spiro atoms. The molecular weight excluding hydrogens is 268 g/mol. The molecule has 0 aliphatic rings. The van der Waals surface area contributed by atoms with Crippen LogP contribution in [0.2, 0.25) is 0 Å². The Bertz CT molecular complexity index is 721. The van der Waals surface area contributed by atoms with Gasteiger partial charge in [-0.3, -0.25) is 0 Å². The van der Waals surface area contributed by atoms with E-state index >= 15 is 0 Å². The van der Waals surface area contributed by atoms with Gasteiger partial charge in [0.15, 0.2) is 5.82 Å². The first-order valence-corrected chi connectivity index (χ1v) is 7.51. The summed E-state index contributed by atoms with van der Waals surface area (Å²) in [6, 6.07) is 10.2. The molecule has 0 bridgehead atoms. The minimum absolute atomic E-state index is 0.707. The summed E-state index contributed by atoms with van der Waals surface area (Å²) in [6.45, 7) is 2.12. The molecule has 0 saturated carbocycles. The number of anilines is 1. The molecule has 0 fully saturated rings. The predicted octanol–water partition coefficient (Wildman–Crippen LogP) is 3.60. The third kappa shape index (κ3) is 2.26. The van der Waals surface area contributed by atoms with Crippen molar-refractivity contribution in [2.24, 2.45) is 5.84 Å². The van der Waals surface area contributed by atoms with E-state index in [-0.39, 0.29) is 0 Å². The number of nitrogen functional groups attached to an aromatic ring is 1. The van der Waals surface area contributed by atoms with Crippen LogP contribution in [0.4, 0.5) is 5.82 Å². The first kappa shape index (κ1) is 13.0. The molecule has 4 nitrogen and oxygen atoms in total. The van der Waals surface area contributed by atoms with Crippen LogP contribution < -0.4 is 11.3 Å². The van der Waals surface area contributed by atoms with E-state index in [4.69, 9.17) is 5.84 Å². The summed E-state index contributed by atoms with van der Waals surface area (Å²) >= 11 is 1.63. The number of hydrogen-bond donors (Lipinski definition) is 2. The van der Waals surface area contributed by atoms with Crippen molar-refractivity contribution in [3.8, 4) is 11.1 Å². The zero-order valence-corrected chi connectivity index (χ0v) is 12.1. The number of benzene rings is 1. The Hall–Kier alpha value is -1.98. The Balaban J connectivity index is 2.21. The van der Waals surface area contributed by atoms with Crippen molar-refractivity contribution in [2.45, 2.75) is 19.8 Å². The van der Waals surface area contributed by atoms with Crippen molar-refractivity contribution in [3.05, 3.63) is 41.5 Å². The molecule has 3 aromatic rings. The normalized spacial score (nSPS) is 10.9. The van der Waals surface area contributed by atoms with Crippen molar-refractivity contribution < 1.29 is 0 Å². The van der Waals surface area contributed by atoms with E-state index in [1.54, 1.807) is 11.3 Å². The number of hydrazine groups is 1. The average Bonchev–Trinajstić information content (AvgIpc) is 2.91. The van der Waals surface area contributed by atoms with Gasteiger partial charge in [-0.15, -0.1) is 11.3 Å². The molecular formula is C15H16N4S. The molecule has 0 atom stereocenters. The monoisotopic (exact) mass is 284 g/mol. The number of nitrogens with one attached hydrogen (secondary N) is 1. The van der Waals surface area contributed by atoms with Gasteiger partial charge in [-0.1, -0.05) is 37.3 Å². The highest BCUT2D eigenvalue weighted by Gasteiger charge is 2.14. The van der Waals surface area contributed by atoms with Crippen LogP contribution in [-0.4, -0.2) is 9.97 Å². The van der Waals surface area contributed by atoms with Crippen molar-refractivity contribution in [3.63, 3.8) is 0 Å². The maximum atomic E-state index is 5.65. The number of thiophene rings is 1. The smallest absolute Gasteiger partial charge is 0.153 e. The highest BCUT2D eigenvalue weighted by molar-refractivity contribution is 7.17. The summed E-state index contributed by atoms with van der Waals surface area (Å²) in [6.07, 6.45) is 1.88. The Morgan fingerprint density at radius 1 is 1.20 bits per heavy atom. The second-order valence-electron chi connectivity index (χ2n) is 4.58. The van der Waals surface area contributed by atoms with Crippen LogP contribution in [0.15, 0.2) is 35.7 Å². The molecule has 102 valence electrons. The van der Waals surface area contributed by atoms with Crippen LogP contribution in [0.25, 0.3) is 21.3 Å². The minimum Gasteiger partial charge on any atom is -0.308 e. The van der Waals surface area contributed by atoms with Crippen LogP contribution >= 0.6 is 11.3 Å². The van der Waals surface area contributed by atoms with Gasteiger partial charge in [-0.05, 0) is 12.0 Å². The van der Waals surface area contributed by atoms with E-state index in [1.807, 2.05) is 18.2 Å². The second kappa shape index (κ2) is 5.56. The van der Waals surface area contributed by atoms with E-state index in [0.717, 1.165) is 40.0 Å². The molecule has 2 heterocycles. The lowest BCUT2D eigenvalue weighted by Crippen LogP contribution is -2.11. The zero-order valence-electron chi connectivity index (χ0n) is 11.3. The Labute approximate surface area is 121 Å². The van der Waals surface area contributed by atoms with Gasteiger partial charge in [-0.2, -0.15) is 0 Å². The van der Waals surface area contributed by atoms with E-state index < -0.39 is 0 Å². The molecule has 3 N–H and O–H groups in total. The van der Waals surface area contributed by atoms with Crippen LogP contribution in [-0.2, 0) is 6.42 Å². The van der Waals surface area contributed by atoms with Crippen molar-refractivity contribution in [2.75, 3.05) is 5.43 Å². The Morgan fingerprint density at radius 2 is 2.00 bits per heavy atom. The lowest BCUT2D eigenvalue weighted by Gasteiger charge is -2.07. The molecule has 5 heteroatoms. The third-order valence-electron chi connectivity index (χ3n) is 3.17. The molecule has 0 radical (unpaired) electrons. The molecule has 20 heavy (non-hydrogen) atoms. The van der Waals surface area contributed by atoms with Gasteiger partial charge in [-0.25, -0.2) is 15.8 Å². The number of aryl methyl sites for hydroxylation is 1. The van der Waals surface area contributed by atoms with Crippen LogP contribution in [0.5, 0.6) is 0 Å². The molecule has 0 aliphatic carbocycles. The molecule has 0 aliphatic heterocycles. The van der Waals surface area contributed by atoms with Crippen molar-refractivity contribution in [1.29, 1.82) is 0 Å². The van der Waals surface area contributed by atoms with Gasteiger partial charge in [0.05, 0.1) is 5.39 Å². The molecule has 3 rings (SSSR count). The third-order valence-corrected chi connectivity index (χ3v) is 4.05. The van der Waals surface area contributed by atoms with Gasteiger partial charge in [0.1, 0.15) is 10.7 Å². The number of nitrogens with zero attached hydrogens (tertiary/aromatic N) is 2. The number of fused-ring (bicyclic) bond motifs is 1. The lowest BCUT2D eigenvalue weighted by atomic mass is 10.1. The minimum atomic E-state index is 0.707. The number of aromatic nitrogens is 2. The van der Waals surface area contributed by atoms with Gasteiger partial charge in [0, 0.05) is 17.4 Å². The van der Waals surface area contributed by atoms with E-state index in [2.05, 4.69) is 39.8 Å². The average molecular weight is 284 g/mol. The fourth-order valence-electron chi connectivity index (χ4n) is 2.26. The van der Waals surface area contributed by atoms with Crippen molar-refractivity contribution >= 4 is 27.4 Å². The first-order valence-electron chi connectivity index (χ1n) is 6.63. The predicted molar refractivity (Wildman–Crippen MR) is 84.7 cm³/mol. The highest BCUT2D eigenvalue weighted by Crippen LogP contribution is 2.36. The maximum absolute atomic E-state index is 5.65. The molecule has 2 aromatic heterocycles. The molecule has 0 amide bonds. The van der Waals surface area contributed by atoms with Crippen LogP contribution in [0.1, 0.15) is 19.2 Å². The number of hydrogen-bond acceptors (Lipinski definition) is 5. The summed E-state index contributed by atoms with van der Waals surface area (Å²) in [5.74, 6) is 7.20. The van der Waals surface area contributed by atoms with Gasteiger partial charge < -0.3 is 5.43 Å². The highest BCUT2D eigenvalue weighted by atomic mass is 32.1. The van der Waals surface area contributed by atoms with Gasteiger partial charge >= 0.3 is 0 Å². The van der Waals surface area contributed by atoms with E-state index in [9.17, 15) is 0 Å². The summed E-state index contributed by atoms with van der Waals surface area (Å²) in [4.78, 5) is 10.1. The van der Waals surface area contributed by atoms with E-state index in [0.29, 0.717) is 5.82 Å². The zero-order chi connectivity index (χ0) is 13.9. The van der Waals surface area contributed by atoms with Gasteiger partial charge in [0.25, 0.3) is 0 Å². The summed E-state index contributed by atoms with van der Waals surface area (Å²) in [5, 5.41) is 3.12. The summed E-state index contributed by atoms with van der Waals surface area (Å²) in [5.41, 5.74) is 5.00. The fourth-order valence-corrected chi connectivity index (χ4v) is 3.22. The van der Waals surface area contributed by atoms with Gasteiger partial charge in [0.2, 0.25) is 0 Å². The lowest BCUT2D eigenvalue weighted by molar-refractivity contribution is 0.846. The topological polar surface area (TPSA) is 63.8 Å². The number of nitrogens with two attached hydrogens (primary N) is 1. The molecule has 1 aromatic carbocycles. The largest absolute Gasteiger partial charge is 0.308 e. The quantitative estimate of drug-likeness (QED) is 0.567. The maximum Gasteiger partial charge on any atom is 0.153 e. The molecule has 0 unspecified atom stereocenters. The number of rotatable bonds is 4. The summed E-state index contributed by atoms with van der Waals surface area (Å²) < 4.78 is 0. The van der Waals surface area contributed by atoms with E-state index in [1.165, 1.54) is 0 Å². The Kier molecular flexibility index (Phi) is 3.62.